The number of hydrogen-bond donors (Lipinski definition) is 1. The molecular formula is C24H30N2O4. The van der Waals surface area contributed by atoms with Crippen molar-refractivity contribution in [2.75, 3.05) is 25.2 Å². The van der Waals surface area contributed by atoms with E-state index in [4.69, 9.17) is 9.47 Å². The van der Waals surface area contributed by atoms with E-state index in [-0.39, 0.29) is 17.9 Å². The summed E-state index contributed by atoms with van der Waals surface area (Å²) in [5.74, 6) is 1.67. The molecule has 0 aliphatic carbocycles. The Labute approximate surface area is 178 Å². The minimum atomic E-state index is -0.220. The number of ether oxygens (including phenoxy) is 2. The molecule has 0 aromatic heterocycles. The second-order valence-electron chi connectivity index (χ2n) is 8.01. The molecule has 1 N–H and O–H groups in total. The second-order valence-corrected chi connectivity index (χ2v) is 8.01. The van der Waals surface area contributed by atoms with E-state index in [0.29, 0.717) is 42.6 Å². The number of anilines is 1. The fourth-order valence-electron chi connectivity index (χ4n) is 3.43. The zero-order chi connectivity index (χ0) is 21.7. The number of nitrogens with zero attached hydrogens (tertiary/aromatic N) is 1. The van der Waals surface area contributed by atoms with Crippen LogP contribution in [0.4, 0.5) is 5.69 Å². The smallest absolute Gasteiger partial charge is 0.251 e. The van der Waals surface area contributed by atoms with Crippen molar-refractivity contribution in [2.45, 2.75) is 39.7 Å². The van der Waals surface area contributed by atoms with Crippen molar-refractivity contribution in [1.82, 2.24) is 5.32 Å². The fraction of sp³-hybridized carbons (Fsp3) is 0.417. The number of nitrogens with one attached hydrogen (secondary N) is 1. The van der Waals surface area contributed by atoms with Crippen molar-refractivity contribution in [3.05, 3.63) is 53.6 Å². The van der Waals surface area contributed by atoms with E-state index in [1.165, 1.54) is 0 Å². The van der Waals surface area contributed by atoms with Crippen molar-refractivity contribution < 1.29 is 19.1 Å². The summed E-state index contributed by atoms with van der Waals surface area (Å²) in [6, 6.07) is 12.7. The lowest BCUT2D eigenvalue weighted by atomic mass is 10.1. The lowest BCUT2D eigenvalue weighted by Gasteiger charge is -2.19. The first kappa shape index (κ1) is 21.7. The number of benzene rings is 2. The first-order chi connectivity index (χ1) is 14.4. The van der Waals surface area contributed by atoms with Gasteiger partial charge < -0.3 is 19.7 Å². The highest BCUT2D eigenvalue weighted by atomic mass is 16.5. The van der Waals surface area contributed by atoms with Crippen molar-refractivity contribution in [3.63, 3.8) is 0 Å². The number of rotatable bonds is 8. The zero-order valence-electron chi connectivity index (χ0n) is 18.1. The van der Waals surface area contributed by atoms with Gasteiger partial charge in [0.1, 0.15) is 0 Å². The normalized spacial score (nSPS) is 14.7. The number of amides is 2. The highest BCUT2D eigenvalue weighted by Crippen LogP contribution is 2.31. The molecule has 2 aromatic rings. The quantitative estimate of drug-likeness (QED) is 0.703. The molecule has 2 aromatic carbocycles. The van der Waals surface area contributed by atoms with Gasteiger partial charge in [0.05, 0.1) is 19.8 Å². The molecule has 1 atom stereocenters. The van der Waals surface area contributed by atoms with E-state index in [2.05, 4.69) is 19.2 Å². The van der Waals surface area contributed by atoms with Gasteiger partial charge in [-0.25, -0.2) is 0 Å². The Morgan fingerprint density at radius 1 is 1.13 bits per heavy atom. The SMILES string of the molecule is COc1cc(C(C)NC(=O)c2cccc(N3CCCC3=O)c2)ccc1OCC(C)C. The predicted octanol–water partition coefficient (Wildman–Crippen LogP) is 4.35. The molecule has 30 heavy (non-hydrogen) atoms. The van der Waals surface area contributed by atoms with E-state index in [1.54, 1.807) is 24.1 Å². The summed E-state index contributed by atoms with van der Waals surface area (Å²) in [5.41, 5.74) is 2.22. The van der Waals surface area contributed by atoms with Crippen LogP contribution in [0.3, 0.4) is 0 Å². The Bertz CT molecular complexity index is 910. The van der Waals surface area contributed by atoms with Crippen LogP contribution < -0.4 is 19.7 Å². The van der Waals surface area contributed by atoms with Crippen molar-refractivity contribution in [3.8, 4) is 11.5 Å². The molecule has 6 heteroatoms. The third-order valence-corrected chi connectivity index (χ3v) is 5.10. The van der Waals surface area contributed by atoms with Gasteiger partial charge in [-0.2, -0.15) is 0 Å². The molecule has 0 bridgehead atoms. The molecule has 1 saturated heterocycles. The van der Waals surface area contributed by atoms with Crippen molar-refractivity contribution >= 4 is 17.5 Å². The van der Waals surface area contributed by atoms with E-state index >= 15 is 0 Å². The van der Waals surface area contributed by atoms with Crippen LogP contribution in [0.5, 0.6) is 11.5 Å². The van der Waals surface area contributed by atoms with Gasteiger partial charge in [-0.3, -0.25) is 9.59 Å². The average molecular weight is 411 g/mol. The maximum atomic E-state index is 12.8. The maximum absolute atomic E-state index is 12.8. The average Bonchev–Trinajstić information content (AvgIpc) is 3.17. The molecule has 160 valence electrons. The summed E-state index contributed by atoms with van der Waals surface area (Å²) in [5, 5.41) is 3.02. The van der Waals surface area contributed by atoms with Gasteiger partial charge in [0.2, 0.25) is 5.91 Å². The van der Waals surface area contributed by atoms with E-state index < -0.39 is 0 Å². The summed E-state index contributed by atoms with van der Waals surface area (Å²) in [4.78, 5) is 26.5. The Kier molecular flexibility index (Phi) is 6.98. The van der Waals surface area contributed by atoms with Crippen LogP contribution >= 0.6 is 0 Å². The van der Waals surface area contributed by atoms with E-state index in [1.807, 2.05) is 37.3 Å². The second kappa shape index (κ2) is 9.65. The molecule has 2 amide bonds. The minimum Gasteiger partial charge on any atom is -0.493 e. The molecule has 1 aliphatic rings. The Morgan fingerprint density at radius 3 is 2.60 bits per heavy atom. The van der Waals surface area contributed by atoms with Gasteiger partial charge in [0.15, 0.2) is 11.5 Å². The highest BCUT2D eigenvalue weighted by molar-refractivity contribution is 5.99. The van der Waals surface area contributed by atoms with Crippen LogP contribution in [0.1, 0.15) is 55.6 Å². The monoisotopic (exact) mass is 410 g/mol. The van der Waals surface area contributed by atoms with Gasteiger partial charge in [0.25, 0.3) is 5.91 Å². The highest BCUT2D eigenvalue weighted by Gasteiger charge is 2.22. The van der Waals surface area contributed by atoms with Gasteiger partial charge >= 0.3 is 0 Å². The largest absolute Gasteiger partial charge is 0.493 e. The van der Waals surface area contributed by atoms with Gasteiger partial charge in [0, 0.05) is 24.2 Å². The molecule has 3 rings (SSSR count). The molecule has 1 fully saturated rings. The molecule has 0 spiro atoms. The van der Waals surface area contributed by atoms with Crippen LogP contribution in [-0.4, -0.2) is 32.1 Å². The third kappa shape index (κ3) is 5.12. The standard InChI is InChI=1S/C24H30N2O4/c1-16(2)15-30-21-11-10-18(14-22(21)29-4)17(3)25-24(28)19-7-5-8-20(13-19)26-12-6-9-23(26)27/h5,7-8,10-11,13-14,16-17H,6,9,12,15H2,1-4H3,(H,25,28). The first-order valence-corrected chi connectivity index (χ1v) is 10.4. The van der Waals surface area contributed by atoms with Crippen molar-refractivity contribution in [2.24, 2.45) is 5.92 Å². The summed E-state index contributed by atoms with van der Waals surface area (Å²) in [6.07, 6.45) is 1.41. The van der Waals surface area contributed by atoms with Crippen LogP contribution in [0.15, 0.2) is 42.5 Å². The van der Waals surface area contributed by atoms with Crippen LogP contribution in [0.2, 0.25) is 0 Å². The zero-order valence-corrected chi connectivity index (χ0v) is 18.1. The number of methoxy groups -OCH3 is 1. The maximum Gasteiger partial charge on any atom is 0.251 e. The minimum absolute atomic E-state index is 0.104. The Balaban J connectivity index is 1.70. The fourth-order valence-corrected chi connectivity index (χ4v) is 3.43. The predicted molar refractivity (Wildman–Crippen MR) is 117 cm³/mol. The molecule has 0 radical (unpaired) electrons. The number of carbonyl (C=O) groups excluding carboxylic acids is 2. The number of carbonyl (C=O) groups is 2. The molecule has 1 unspecified atom stereocenters. The molecule has 0 saturated carbocycles. The summed E-state index contributed by atoms with van der Waals surface area (Å²) in [6.45, 7) is 7.42. The third-order valence-electron chi connectivity index (χ3n) is 5.10. The summed E-state index contributed by atoms with van der Waals surface area (Å²) in [7, 11) is 1.61. The lowest BCUT2D eigenvalue weighted by molar-refractivity contribution is -0.117. The number of hydrogen-bond acceptors (Lipinski definition) is 4. The van der Waals surface area contributed by atoms with Crippen LogP contribution in [0.25, 0.3) is 0 Å². The summed E-state index contributed by atoms with van der Waals surface area (Å²) < 4.78 is 11.3. The van der Waals surface area contributed by atoms with Gasteiger partial charge in [-0.1, -0.05) is 26.0 Å². The summed E-state index contributed by atoms with van der Waals surface area (Å²) >= 11 is 0. The van der Waals surface area contributed by atoms with Crippen LogP contribution in [-0.2, 0) is 4.79 Å². The van der Waals surface area contributed by atoms with Gasteiger partial charge in [-0.05, 0) is 55.2 Å². The first-order valence-electron chi connectivity index (χ1n) is 10.4. The van der Waals surface area contributed by atoms with E-state index in [0.717, 1.165) is 17.7 Å². The molecule has 1 aliphatic heterocycles. The van der Waals surface area contributed by atoms with Gasteiger partial charge in [-0.15, -0.1) is 0 Å². The lowest BCUT2D eigenvalue weighted by Crippen LogP contribution is -2.28. The Hall–Kier alpha value is -3.02. The molecule has 6 nitrogen and oxygen atoms in total. The van der Waals surface area contributed by atoms with Crippen LogP contribution in [0, 0.1) is 5.92 Å². The topological polar surface area (TPSA) is 67.9 Å². The van der Waals surface area contributed by atoms with Crippen molar-refractivity contribution in [1.29, 1.82) is 0 Å². The Morgan fingerprint density at radius 2 is 1.93 bits per heavy atom. The molecular weight excluding hydrogens is 380 g/mol. The molecule has 1 heterocycles. The van der Waals surface area contributed by atoms with E-state index in [9.17, 15) is 9.59 Å².